The Morgan fingerprint density at radius 1 is 1.00 bits per heavy atom. The lowest BCUT2D eigenvalue weighted by Gasteiger charge is -2.38. The normalized spacial score (nSPS) is 13.5. The van der Waals surface area contributed by atoms with Gasteiger partial charge in [-0.25, -0.2) is 4.98 Å². The van der Waals surface area contributed by atoms with Crippen molar-refractivity contribution in [2.24, 2.45) is 11.8 Å². The van der Waals surface area contributed by atoms with Crippen LogP contribution in [0.25, 0.3) is 0 Å². The van der Waals surface area contributed by atoms with Crippen LogP contribution in [0.4, 0.5) is 0 Å². The minimum absolute atomic E-state index is 0.0318. The molecule has 2 aromatic rings. The van der Waals surface area contributed by atoms with Crippen LogP contribution >= 0.6 is 0 Å². The van der Waals surface area contributed by atoms with E-state index in [-0.39, 0.29) is 29.5 Å². The van der Waals surface area contributed by atoms with Crippen molar-refractivity contribution in [2.75, 3.05) is 27.6 Å². The fraction of sp³-hybridized carbons (Fsp3) is 0.548. The zero-order valence-corrected chi connectivity index (χ0v) is 25.4. The van der Waals surface area contributed by atoms with Gasteiger partial charge in [-0.1, -0.05) is 26.0 Å². The van der Waals surface area contributed by atoms with Gasteiger partial charge in [0.25, 0.3) is 0 Å². The molecule has 0 aliphatic rings. The topological polar surface area (TPSA) is 119 Å². The van der Waals surface area contributed by atoms with Crippen LogP contribution in [0.2, 0.25) is 0 Å². The summed E-state index contributed by atoms with van der Waals surface area (Å²) in [6.45, 7) is 10.9. The molecule has 2 rings (SSSR count). The maximum absolute atomic E-state index is 13.2. The summed E-state index contributed by atoms with van der Waals surface area (Å²) >= 11 is 0. The lowest BCUT2D eigenvalue weighted by atomic mass is 9.81. The largest absolute Gasteiger partial charge is 0.497 e. The van der Waals surface area contributed by atoms with Gasteiger partial charge in [0, 0.05) is 38.1 Å². The summed E-state index contributed by atoms with van der Waals surface area (Å²) in [5.41, 5.74) is 0.434. The number of Topliss-reactive ketones (excluding diaryl/α,β-unsaturated/α-hetero) is 1. The average molecular weight is 574 g/mol. The maximum atomic E-state index is 13.2. The molecule has 0 unspecified atom stereocenters. The van der Waals surface area contributed by atoms with Crippen LogP contribution in [0.3, 0.4) is 0 Å². The summed E-state index contributed by atoms with van der Waals surface area (Å²) in [5.74, 6) is -1.40. The van der Waals surface area contributed by atoms with E-state index in [0.29, 0.717) is 13.0 Å². The van der Waals surface area contributed by atoms with Crippen molar-refractivity contribution in [3.63, 3.8) is 0 Å². The van der Waals surface area contributed by atoms with Crippen LogP contribution in [-0.4, -0.2) is 62.0 Å². The molecule has 0 saturated heterocycles. The first-order valence-corrected chi connectivity index (χ1v) is 13.7. The van der Waals surface area contributed by atoms with Gasteiger partial charge in [-0.2, -0.15) is 0 Å². The van der Waals surface area contributed by atoms with Gasteiger partial charge < -0.3 is 28.4 Å². The standard InChI is InChI=1S/C31H43NO9/c1-9-16-40-31(5,6)25(18-23-10-12-24(36-7)13-11-23)21(3)41-30(35)20(2)17-26(34)28-29(39-19-38-22(4)33)27(37-8)14-15-32-28/h10-15,20-21,25H,9,16-19H2,1-8H3/t20-,21+,25+/m1/s1. The molecule has 226 valence electrons. The zero-order chi connectivity index (χ0) is 30.6. The second-order valence-electron chi connectivity index (χ2n) is 10.4. The number of nitrogens with zero attached hydrogens (tertiary/aromatic N) is 1. The van der Waals surface area contributed by atoms with E-state index >= 15 is 0 Å². The molecule has 41 heavy (non-hydrogen) atoms. The van der Waals surface area contributed by atoms with Gasteiger partial charge in [-0.3, -0.25) is 14.4 Å². The van der Waals surface area contributed by atoms with Crippen molar-refractivity contribution >= 4 is 17.7 Å². The first-order valence-electron chi connectivity index (χ1n) is 13.7. The predicted molar refractivity (Wildman–Crippen MR) is 152 cm³/mol. The number of esters is 2. The highest BCUT2D eigenvalue weighted by Gasteiger charge is 2.37. The lowest BCUT2D eigenvalue weighted by Crippen LogP contribution is -2.44. The van der Waals surface area contributed by atoms with Crippen molar-refractivity contribution < 1.29 is 42.8 Å². The van der Waals surface area contributed by atoms with E-state index in [1.54, 1.807) is 14.0 Å². The molecular weight excluding hydrogens is 530 g/mol. The third kappa shape index (κ3) is 10.0. The summed E-state index contributed by atoms with van der Waals surface area (Å²) in [5, 5.41) is 0. The molecule has 0 amide bonds. The number of pyridine rings is 1. The zero-order valence-electron chi connectivity index (χ0n) is 25.4. The number of ether oxygens (including phenoxy) is 6. The number of methoxy groups -OCH3 is 2. The van der Waals surface area contributed by atoms with Crippen LogP contribution in [0, 0.1) is 11.8 Å². The molecule has 0 radical (unpaired) electrons. The number of ketones is 1. The van der Waals surface area contributed by atoms with Gasteiger partial charge in [-0.05, 0) is 51.3 Å². The molecule has 0 aliphatic heterocycles. The van der Waals surface area contributed by atoms with Gasteiger partial charge in [0.15, 0.2) is 23.0 Å². The minimum Gasteiger partial charge on any atom is -0.497 e. The molecule has 0 saturated carbocycles. The fourth-order valence-electron chi connectivity index (χ4n) is 4.41. The van der Waals surface area contributed by atoms with Gasteiger partial charge in [0.1, 0.15) is 11.9 Å². The van der Waals surface area contributed by atoms with E-state index in [9.17, 15) is 14.4 Å². The second kappa shape index (κ2) is 16.0. The first kappa shape index (κ1) is 33.5. The number of hydrogen-bond donors (Lipinski definition) is 0. The molecular formula is C31H43NO9. The van der Waals surface area contributed by atoms with Gasteiger partial charge >= 0.3 is 11.9 Å². The van der Waals surface area contributed by atoms with Crippen LogP contribution in [-0.2, 0) is 30.2 Å². The second-order valence-corrected chi connectivity index (χ2v) is 10.4. The van der Waals surface area contributed by atoms with Crippen molar-refractivity contribution in [3.05, 3.63) is 47.8 Å². The van der Waals surface area contributed by atoms with Crippen LogP contribution in [0.5, 0.6) is 17.2 Å². The third-order valence-electron chi connectivity index (χ3n) is 6.77. The molecule has 3 atom stereocenters. The summed E-state index contributed by atoms with van der Waals surface area (Å²) in [7, 11) is 3.03. The summed E-state index contributed by atoms with van der Waals surface area (Å²) < 4.78 is 33.0. The van der Waals surface area contributed by atoms with Gasteiger partial charge in [0.2, 0.25) is 6.79 Å². The Kier molecular flexibility index (Phi) is 13.1. The Morgan fingerprint density at radius 2 is 1.68 bits per heavy atom. The van der Waals surface area contributed by atoms with Crippen molar-refractivity contribution in [3.8, 4) is 17.2 Å². The van der Waals surface area contributed by atoms with E-state index < -0.39 is 42.1 Å². The third-order valence-corrected chi connectivity index (χ3v) is 6.77. The van der Waals surface area contributed by atoms with Crippen molar-refractivity contribution in [2.45, 2.75) is 72.5 Å². The highest BCUT2D eigenvalue weighted by Crippen LogP contribution is 2.33. The number of hydrogen-bond acceptors (Lipinski definition) is 10. The monoisotopic (exact) mass is 573 g/mol. The highest BCUT2D eigenvalue weighted by molar-refractivity contribution is 5.99. The van der Waals surface area contributed by atoms with Crippen molar-refractivity contribution in [1.82, 2.24) is 4.98 Å². The number of carbonyl (C=O) groups excluding carboxylic acids is 3. The van der Waals surface area contributed by atoms with Crippen LogP contribution in [0.1, 0.15) is 70.4 Å². The Bertz CT molecular complexity index is 1150. The molecule has 1 heterocycles. The molecule has 10 heteroatoms. The molecule has 10 nitrogen and oxygen atoms in total. The minimum atomic E-state index is -0.763. The first-order chi connectivity index (χ1) is 19.4. The quantitative estimate of drug-likeness (QED) is 0.142. The van der Waals surface area contributed by atoms with E-state index in [0.717, 1.165) is 17.7 Å². The lowest BCUT2D eigenvalue weighted by molar-refractivity contribution is -0.163. The summed E-state index contributed by atoms with van der Waals surface area (Å²) in [6, 6.07) is 9.28. The fourth-order valence-corrected chi connectivity index (χ4v) is 4.41. The summed E-state index contributed by atoms with van der Waals surface area (Å²) in [6.07, 6.45) is 2.19. The number of benzene rings is 1. The molecule has 0 bridgehead atoms. The number of aromatic nitrogens is 1. The van der Waals surface area contributed by atoms with Crippen molar-refractivity contribution in [1.29, 1.82) is 0 Å². The smallest absolute Gasteiger partial charge is 0.309 e. The van der Waals surface area contributed by atoms with Crippen LogP contribution in [0.15, 0.2) is 36.5 Å². The highest BCUT2D eigenvalue weighted by atomic mass is 16.7. The van der Waals surface area contributed by atoms with Gasteiger partial charge in [-0.15, -0.1) is 0 Å². The Morgan fingerprint density at radius 3 is 2.27 bits per heavy atom. The Balaban J connectivity index is 2.17. The predicted octanol–water partition coefficient (Wildman–Crippen LogP) is 5.20. The van der Waals surface area contributed by atoms with Gasteiger partial charge in [0.05, 0.1) is 25.7 Å². The number of rotatable bonds is 17. The van der Waals surface area contributed by atoms with Crippen LogP contribution < -0.4 is 14.2 Å². The Hall–Kier alpha value is -3.66. The molecule has 0 fully saturated rings. The Labute approximate surface area is 242 Å². The average Bonchev–Trinajstić information content (AvgIpc) is 2.94. The molecule has 0 spiro atoms. The molecule has 1 aromatic carbocycles. The maximum Gasteiger partial charge on any atom is 0.309 e. The molecule has 0 aliphatic carbocycles. The SMILES string of the molecule is CCCOC(C)(C)[C@@H](Cc1ccc(OC)cc1)[C@H](C)OC(=O)[C@H](C)CC(=O)c1nccc(OC)c1OCOC(C)=O. The van der Waals surface area contributed by atoms with E-state index in [1.165, 1.54) is 26.3 Å². The summed E-state index contributed by atoms with van der Waals surface area (Å²) in [4.78, 5) is 41.6. The van der Waals surface area contributed by atoms with E-state index in [1.807, 2.05) is 52.0 Å². The molecule has 0 N–H and O–H groups in total. The van der Waals surface area contributed by atoms with E-state index in [4.69, 9.17) is 28.4 Å². The molecule has 1 aromatic heterocycles. The number of carbonyl (C=O) groups is 3. The van der Waals surface area contributed by atoms with E-state index in [2.05, 4.69) is 4.98 Å².